The quantitative estimate of drug-likeness (QED) is 0.588. The second-order valence-corrected chi connectivity index (χ2v) is 5.80. The molecule has 0 heterocycles. The highest BCUT2D eigenvalue weighted by Gasteiger charge is 2.38. The summed E-state index contributed by atoms with van der Waals surface area (Å²) in [6.45, 7) is 3.58. The van der Waals surface area contributed by atoms with Crippen molar-refractivity contribution in [2.45, 2.75) is 26.3 Å². The SMILES string of the molecule is CCC[Si](OC)(OC)OCC(C)=O. The Kier molecular flexibility index (Phi) is 6.14. The molecule has 0 aliphatic heterocycles. The fraction of sp³-hybridized carbons (Fsp3) is 0.875. The molecule has 0 saturated carbocycles. The summed E-state index contributed by atoms with van der Waals surface area (Å²) in [4.78, 5) is 10.7. The molecular weight excluding hydrogens is 188 g/mol. The van der Waals surface area contributed by atoms with E-state index in [4.69, 9.17) is 13.3 Å². The summed E-state index contributed by atoms with van der Waals surface area (Å²) in [7, 11) is 0.595. The van der Waals surface area contributed by atoms with Gasteiger partial charge in [-0.15, -0.1) is 0 Å². The van der Waals surface area contributed by atoms with Crippen molar-refractivity contribution in [3.63, 3.8) is 0 Å². The fourth-order valence-corrected chi connectivity index (χ4v) is 2.99. The van der Waals surface area contributed by atoms with Gasteiger partial charge in [0.05, 0.1) is 6.61 Å². The molecule has 0 bridgehead atoms. The minimum Gasteiger partial charge on any atom is -0.377 e. The van der Waals surface area contributed by atoms with Crippen LogP contribution in [0.4, 0.5) is 0 Å². The minimum absolute atomic E-state index is 0.0120. The summed E-state index contributed by atoms with van der Waals surface area (Å²) in [5.74, 6) is -0.0120. The lowest BCUT2D eigenvalue weighted by Crippen LogP contribution is -2.44. The van der Waals surface area contributed by atoms with E-state index >= 15 is 0 Å². The van der Waals surface area contributed by atoms with Gasteiger partial charge in [-0.25, -0.2) is 0 Å². The Balaban J connectivity index is 4.12. The first kappa shape index (κ1) is 12.8. The van der Waals surface area contributed by atoms with Crippen LogP contribution in [0.1, 0.15) is 20.3 Å². The maximum absolute atomic E-state index is 10.7. The molecule has 0 rings (SSSR count). The first-order valence-corrected chi connectivity index (χ1v) is 6.27. The summed E-state index contributed by atoms with van der Waals surface area (Å²) in [5.41, 5.74) is 0. The monoisotopic (exact) mass is 206 g/mol. The van der Waals surface area contributed by atoms with Gasteiger partial charge in [-0.1, -0.05) is 13.3 Å². The van der Waals surface area contributed by atoms with Crippen molar-refractivity contribution in [2.24, 2.45) is 0 Å². The highest BCUT2D eigenvalue weighted by molar-refractivity contribution is 6.60. The largest absolute Gasteiger partial charge is 0.500 e. The molecule has 0 spiro atoms. The number of carbonyl (C=O) groups is 1. The summed E-state index contributed by atoms with van der Waals surface area (Å²) >= 11 is 0. The summed E-state index contributed by atoms with van der Waals surface area (Å²) in [6, 6.07) is 0.743. The number of hydrogen-bond donors (Lipinski definition) is 0. The predicted molar refractivity (Wildman–Crippen MR) is 51.5 cm³/mol. The maximum atomic E-state index is 10.7. The van der Waals surface area contributed by atoms with E-state index in [1.807, 2.05) is 6.92 Å². The van der Waals surface area contributed by atoms with E-state index in [2.05, 4.69) is 0 Å². The third-order valence-electron chi connectivity index (χ3n) is 1.67. The number of hydrogen-bond acceptors (Lipinski definition) is 4. The van der Waals surface area contributed by atoms with Gasteiger partial charge in [0.2, 0.25) is 0 Å². The molecule has 0 aliphatic carbocycles. The normalized spacial score (nSPS) is 11.7. The van der Waals surface area contributed by atoms with E-state index in [1.165, 1.54) is 6.92 Å². The molecule has 0 radical (unpaired) electrons. The molecule has 4 nitrogen and oxygen atoms in total. The van der Waals surface area contributed by atoms with Crippen LogP contribution >= 0.6 is 0 Å². The smallest absolute Gasteiger partial charge is 0.377 e. The molecule has 78 valence electrons. The highest BCUT2D eigenvalue weighted by Crippen LogP contribution is 2.15. The van der Waals surface area contributed by atoms with Crippen LogP contribution in [0.15, 0.2) is 0 Å². The van der Waals surface area contributed by atoms with E-state index in [1.54, 1.807) is 14.2 Å². The maximum Gasteiger partial charge on any atom is 0.500 e. The van der Waals surface area contributed by atoms with Crippen molar-refractivity contribution < 1.29 is 18.1 Å². The van der Waals surface area contributed by atoms with Gasteiger partial charge >= 0.3 is 8.80 Å². The average Bonchev–Trinajstić information content (AvgIpc) is 2.12. The summed E-state index contributed by atoms with van der Waals surface area (Å²) < 4.78 is 15.8. The third-order valence-corrected chi connectivity index (χ3v) is 4.61. The first-order chi connectivity index (χ1) is 6.10. The Hall–Kier alpha value is -0.233. The van der Waals surface area contributed by atoms with Crippen molar-refractivity contribution in [3.8, 4) is 0 Å². The van der Waals surface area contributed by atoms with Crippen LogP contribution in [0.3, 0.4) is 0 Å². The third kappa shape index (κ3) is 4.52. The van der Waals surface area contributed by atoms with Gasteiger partial charge in [-0.05, 0) is 6.92 Å². The molecule has 0 unspecified atom stereocenters. The molecule has 0 aromatic carbocycles. The molecule has 0 atom stereocenters. The Morgan fingerprint density at radius 1 is 1.31 bits per heavy atom. The van der Waals surface area contributed by atoms with Crippen LogP contribution in [-0.4, -0.2) is 35.4 Å². The minimum atomic E-state index is -2.53. The van der Waals surface area contributed by atoms with Crippen molar-refractivity contribution in [3.05, 3.63) is 0 Å². The predicted octanol–water partition coefficient (Wildman–Crippen LogP) is 1.23. The van der Waals surface area contributed by atoms with E-state index in [-0.39, 0.29) is 12.4 Å². The molecule has 13 heavy (non-hydrogen) atoms. The number of ketones is 1. The van der Waals surface area contributed by atoms with Crippen LogP contribution in [0.25, 0.3) is 0 Å². The first-order valence-electron chi connectivity index (χ1n) is 4.34. The molecule has 0 aliphatic rings. The van der Waals surface area contributed by atoms with Gasteiger partial charge in [0.1, 0.15) is 0 Å². The average molecular weight is 206 g/mol. The number of Topliss-reactive ketones (excluding diaryl/α,β-unsaturated/α-hetero) is 1. The van der Waals surface area contributed by atoms with Crippen molar-refractivity contribution in [1.82, 2.24) is 0 Å². The van der Waals surface area contributed by atoms with Gasteiger partial charge in [0, 0.05) is 20.3 Å². The van der Waals surface area contributed by atoms with Gasteiger partial charge in [0.15, 0.2) is 5.78 Å². The molecule has 0 saturated heterocycles. The fourth-order valence-electron chi connectivity index (χ4n) is 0.995. The topological polar surface area (TPSA) is 44.8 Å². The Morgan fingerprint density at radius 2 is 1.85 bits per heavy atom. The van der Waals surface area contributed by atoms with Crippen LogP contribution in [0, 0.1) is 0 Å². The lowest BCUT2D eigenvalue weighted by Gasteiger charge is -2.25. The summed E-state index contributed by atoms with van der Waals surface area (Å²) in [5, 5.41) is 0. The van der Waals surface area contributed by atoms with Crippen molar-refractivity contribution in [1.29, 1.82) is 0 Å². The Bertz CT molecular complexity index is 156. The Labute approximate surface area is 80.5 Å². The van der Waals surface area contributed by atoms with E-state index < -0.39 is 8.80 Å². The van der Waals surface area contributed by atoms with Gasteiger partial charge in [-0.3, -0.25) is 4.79 Å². The van der Waals surface area contributed by atoms with E-state index in [0.29, 0.717) is 0 Å². The van der Waals surface area contributed by atoms with Crippen molar-refractivity contribution >= 4 is 14.6 Å². The van der Waals surface area contributed by atoms with Crippen LogP contribution in [0.5, 0.6) is 0 Å². The van der Waals surface area contributed by atoms with Crippen molar-refractivity contribution in [2.75, 3.05) is 20.8 Å². The molecule has 0 aromatic rings. The molecule has 0 amide bonds. The molecule has 5 heteroatoms. The van der Waals surface area contributed by atoms with Crippen LogP contribution < -0.4 is 0 Å². The van der Waals surface area contributed by atoms with E-state index in [9.17, 15) is 4.79 Å². The Morgan fingerprint density at radius 3 is 2.15 bits per heavy atom. The second-order valence-electron chi connectivity index (χ2n) is 2.83. The standard InChI is InChI=1S/C8H18O4Si/c1-5-6-13(10-3,11-4)12-7-8(2)9/h5-7H2,1-4H3. The lowest BCUT2D eigenvalue weighted by molar-refractivity contribution is -0.120. The van der Waals surface area contributed by atoms with Crippen LogP contribution in [0.2, 0.25) is 6.04 Å². The zero-order valence-electron chi connectivity index (χ0n) is 8.75. The zero-order chi connectivity index (χ0) is 10.3. The van der Waals surface area contributed by atoms with Gasteiger partial charge in [-0.2, -0.15) is 0 Å². The summed E-state index contributed by atoms with van der Waals surface area (Å²) in [6.07, 6.45) is 0.922. The van der Waals surface area contributed by atoms with Crippen LogP contribution in [-0.2, 0) is 18.1 Å². The second kappa shape index (κ2) is 6.26. The zero-order valence-corrected chi connectivity index (χ0v) is 9.75. The molecule has 0 aromatic heterocycles. The molecule has 0 fully saturated rings. The van der Waals surface area contributed by atoms with E-state index in [0.717, 1.165) is 12.5 Å². The number of rotatable bonds is 7. The van der Waals surface area contributed by atoms with Gasteiger partial charge in [0.25, 0.3) is 0 Å². The van der Waals surface area contributed by atoms with Gasteiger partial charge < -0.3 is 13.3 Å². The lowest BCUT2D eigenvalue weighted by atomic mass is 10.5. The number of carbonyl (C=O) groups excluding carboxylic acids is 1. The highest BCUT2D eigenvalue weighted by atomic mass is 28.4. The molecular formula is C8H18O4Si. The molecule has 0 N–H and O–H groups in total.